The van der Waals surface area contributed by atoms with Gasteiger partial charge in [-0.1, -0.05) is 51.1 Å². The molecule has 3 amide bonds. The average molecular weight is 538 g/mol. The number of benzene rings is 1. The lowest BCUT2D eigenvalue weighted by atomic mass is 9.86. The van der Waals surface area contributed by atoms with Gasteiger partial charge in [-0.3, -0.25) is 14.4 Å². The van der Waals surface area contributed by atoms with Crippen LogP contribution >= 0.6 is 11.3 Å². The molecule has 0 fully saturated rings. The Morgan fingerprint density at radius 1 is 1.08 bits per heavy atom. The molecule has 6 nitrogen and oxygen atoms in total. The van der Waals surface area contributed by atoms with E-state index in [1.54, 1.807) is 16.2 Å². The van der Waals surface area contributed by atoms with E-state index in [0.717, 1.165) is 10.4 Å². The van der Waals surface area contributed by atoms with Crippen LogP contribution in [-0.4, -0.2) is 39.6 Å². The van der Waals surface area contributed by atoms with Crippen molar-refractivity contribution in [1.82, 2.24) is 15.1 Å². The summed E-state index contributed by atoms with van der Waals surface area (Å²) in [6.07, 6.45) is 0.322. The zero-order chi connectivity index (χ0) is 28.2. The summed E-state index contributed by atoms with van der Waals surface area (Å²) >= 11 is 1.58. The molecule has 3 rings (SSSR count). The van der Waals surface area contributed by atoms with Crippen LogP contribution in [0.2, 0.25) is 0 Å². The van der Waals surface area contributed by atoms with Gasteiger partial charge < -0.3 is 15.1 Å². The van der Waals surface area contributed by atoms with Crippen molar-refractivity contribution < 1.29 is 14.4 Å². The first-order valence-corrected chi connectivity index (χ1v) is 14.4. The lowest BCUT2D eigenvalue weighted by Gasteiger charge is -2.38. The monoisotopic (exact) mass is 537 g/mol. The van der Waals surface area contributed by atoms with Crippen LogP contribution in [0, 0.1) is 5.92 Å². The Balaban J connectivity index is 1.89. The molecule has 38 heavy (non-hydrogen) atoms. The Morgan fingerprint density at radius 3 is 2.24 bits per heavy atom. The summed E-state index contributed by atoms with van der Waals surface area (Å²) in [7, 11) is 0. The number of amides is 3. The predicted molar refractivity (Wildman–Crippen MR) is 154 cm³/mol. The van der Waals surface area contributed by atoms with Gasteiger partial charge in [0.25, 0.3) is 5.91 Å². The van der Waals surface area contributed by atoms with E-state index in [0.29, 0.717) is 24.4 Å². The van der Waals surface area contributed by atoms with Gasteiger partial charge in [0, 0.05) is 34.7 Å². The van der Waals surface area contributed by atoms with Gasteiger partial charge in [-0.25, -0.2) is 0 Å². The van der Waals surface area contributed by atoms with Crippen molar-refractivity contribution >= 4 is 29.1 Å². The summed E-state index contributed by atoms with van der Waals surface area (Å²) in [6, 6.07) is 12.3. The topological polar surface area (TPSA) is 69.7 Å². The van der Waals surface area contributed by atoms with Crippen molar-refractivity contribution in [2.45, 2.75) is 98.8 Å². The van der Waals surface area contributed by atoms with E-state index in [1.807, 2.05) is 57.0 Å². The normalized spacial score (nSPS) is 16.4. The van der Waals surface area contributed by atoms with Crippen LogP contribution in [-0.2, 0) is 32.9 Å². The molecule has 0 saturated carbocycles. The van der Waals surface area contributed by atoms with Crippen molar-refractivity contribution in [2.75, 3.05) is 0 Å². The van der Waals surface area contributed by atoms with E-state index in [-0.39, 0.29) is 48.1 Å². The lowest BCUT2D eigenvalue weighted by Crippen LogP contribution is -2.47. The molecule has 1 atom stereocenters. The molecule has 0 saturated heterocycles. The van der Waals surface area contributed by atoms with Crippen molar-refractivity contribution in [3.05, 3.63) is 69.1 Å². The van der Waals surface area contributed by atoms with Crippen molar-refractivity contribution in [3.63, 3.8) is 0 Å². The highest BCUT2D eigenvalue weighted by Crippen LogP contribution is 2.33. The highest BCUT2D eigenvalue weighted by molar-refractivity contribution is 7.09. The van der Waals surface area contributed by atoms with Gasteiger partial charge in [-0.05, 0) is 69.0 Å². The molecule has 1 aromatic heterocycles. The Labute approximate surface area is 232 Å². The van der Waals surface area contributed by atoms with Gasteiger partial charge >= 0.3 is 0 Å². The second-order valence-electron chi connectivity index (χ2n) is 11.8. The summed E-state index contributed by atoms with van der Waals surface area (Å²) in [5.41, 5.74) is 3.55. The number of carbonyl (C=O) groups excluding carboxylic acids is 3. The molecule has 7 heteroatoms. The summed E-state index contributed by atoms with van der Waals surface area (Å²) in [5.74, 6) is -0.930. The van der Waals surface area contributed by atoms with Crippen LogP contribution in [0.4, 0.5) is 0 Å². The molecule has 0 bridgehead atoms. The van der Waals surface area contributed by atoms with Gasteiger partial charge in [0.1, 0.15) is 0 Å². The minimum Gasteiger partial charge on any atom is -0.351 e. The SMILES string of the molecule is CC1=C(C(=O)N(C(C)C)C(C)C)CC(CC(=O)NCc2cccs2)C(=O)N1Cc1ccc(C(C)(C)C)cc1. The largest absolute Gasteiger partial charge is 0.351 e. The molecule has 1 unspecified atom stereocenters. The van der Waals surface area contributed by atoms with Crippen LogP contribution in [0.5, 0.6) is 0 Å². The molecule has 1 aromatic carbocycles. The molecule has 206 valence electrons. The Morgan fingerprint density at radius 2 is 1.71 bits per heavy atom. The Hall–Kier alpha value is -2.93. The molecular weight excluding hydrogens is 494 g/mol. The maximum absolute atomic E-state index is 13.8. The number of hydrogen-bond acceptors (Lipinski definition) is 4. The number of hydrogen-bond donors (Lipinski definition) is 1. The van der Waals surface area contributed by atoms with Crippen molar-refractivity contribution in [3.8, 4) is 0 Å². The fourth-order valence-electron chi connectivity index (χ4n) is 5.04. The molecule has 1 N–H and O–H groups in total. The Bertz CT molecular complexity index is 1150. The van der Waals surface area contributed by atoms with Gasteiger partial charge in [-0.2, -0.15) is 0 Å². The lowest BCUT2D eigenvalue weighted by molar-refractivity contribution is -0.139. The van der Waals surface area contributed by atoms with E-state index < -0.39 is 5.92 Å². The van der Waals surface area contributed by atoms with Crippen LogP contribution in [0.3, 0.4) is 0 Å². The number of carbonyl (C=O) groups is 3. The van der Waals surface area contributed by atoms with E-state index in [9.17, 15) is 14.4 Å². The molecule has 0 aliphatic carbocycles. The quantitative estimate of drug-likeness (QED) is 0.425. The van der Waals surface area contributed by atoms with Crippen LogP contribution in [0.1, 0.15) is 84.2 Å². The molecular formula is C31H43N3O3S. The first-order valence-electron chi connectivity index (χ1n) is 13.5. The standard InChI is InChI=1S/C31H43N3O3S/c1-20(2)34(21(3)4)30(37)27-16-24(17-28(35)32-18-26-10-9-15-38-26)29(36)33(22(27)5)19-23-11-13-25(14-12-23)31(6,7)8/h9-15,20-21,24H,16-19H2,1-8H3,(H,32,35). The number of thiophene rings is 1. The number of nitrogens with one attached hydrogen (secondary N) is 1. The number of allylic oxidation sites excluding steroid dienone is 1. The fraction of sp³-hybridized carbons (Fsp3) is 0.516. The second-order valence-corrected chi connectivity index (χ2v) is 12.8. The first-order chi connectivity index (χ1) is 17.8. The van der Waals surface area contributed by atoms with Gasteiger partial charge in [0.2, 0.25) is 11.8 Å². The molecule has 2 heterocycles. The molecule has 2 aromatic rings. The minimum absolute atomic E-state index is 0.0198. The van der Waals surface area contributed by atoms with E-state index in [2.05, 4.69) is 50.4 Å². The second kappa shape index (κ2) is 12.3. The van der Waals surface area contributed by atoms with Crippen LogP contribution in [0.15, 0.2) is 53.0 Å². The Kier molecular flexibility index (Phi) is 9.58. The third-order valence-corrected chi connectivity index (χ3v) is 8.02. The first kappa shape index (κ1) is 29.6. The third kappa shape index (κ3) is 7.13. The number of rotatable bonds is 9. The van der Waals surface area contributed by atoms with Crippen LogP contribution in [0.25, 0.3) is 0 Å². The highest BCUT2D eigenvalue weighted by Gasteiger charge is 2.38. The maximum Gasteiger partial charge on any atom is 0.252 e. The van der Waals surface area contributed by atoms with E-state index in [1.165, 1.54) is 5.56 Å². The zero-order valence-corrected chi connectivity index (χ0v) is 24.9. The predicted octanol–water partition coefficient (Wildman–Crippen LogP) is 6.02. The smallest absolute Gasteiger partial charge is 0.252 e. The summed E-state index contributed by atoms with van der Waals surface area (Å²) in [4.78, 5) is 45.0. The molecule has 0 spiro atoms. The molecule has 1 aliphatic rings. The van der Waals surface area contributed by atoms with Crippen LogP contribution < -0.4 is 5.32 Å². The molecule has 1 aliphatic heterocycles. The molecule has 0 radical (unpaired) electrons. The van der Waals surface area contributed by atoms with E-state index in [4.69, 9.17) is 0 Å². The highest BCUT2D eigenvalue weighted by atomic mass is 32.1. The van der Waals surface area contributed by atoms with Gasteiger partial charge in [0.05, 0.1) is 19.0 Å². The fourth-order valence-corrected chi connectivity index (χ4v) is 5.68. The number of nitrogens with zero attached hydrogens (tertiary/aromatic N) is 2. The summed E-state index contributed by atoms with van der Waals surface area (Å²) in [5, 5.41) is 4.91. The maximum atomic E-state index is 13.8. The van der Waals surface area contributed by atoms with E-state index >= 15 is 0 Å². The third-order valence-electron chi connectivity index (χ3n) is 7.15. The van der Waals surface area contributed by atoms with Gasteiger partial charge in [0.15, 0.2) is 0 Å². The summed E-state index contributed by atoms with van der Waals surface area (Å²) < 4.78 is 0. The zero-order valence-electron chi connectivity index (χ0n) is 24.1. The van der Waals surface area contributed by atoms with Crippen molar-refractivity contribution in [1.29, 1.82) is 0 Å². The van der Waals surface area contributed by atoms with Crippen molar-refractivity contribution in [2.24, 2.45) is 5.92 Å². The van der Waals surface area contributed by atoms with Gasteiger partial charge in [-0.15, -0.1) is 11.3 Å². The minimum atomic E-state index is -0.587. The average Bonchev–Trinajstić information content (AvgIpc) is 3.35. The summed E-state index contributed by atoms with van der Waals surface area (Å²) in [6.45, 7) is 17.2.